The molecule has 4 heteroatoms. The molecule has 1 aromatic rings. The maximum Gasteiger partial charge on any atom is 0.250 e. The zero-order valence-corrected chi connectivity index (χ0v) is 8.97. The summed E-state index contributed by atoms with van der Waals surface area (Å²) in [4.78, 5) is 11.4. The van der Waals surface area contributed by atoms with Crippen molar-refractivity contribution in [1.82, 2.24) is 4.57 Å². The predicted octanol–water partition coefficient (Wildman–Crippen LogP) is 1.10. The lowest BCUT2D eigenvalue weighted by Crippen LogP contribution is -2.24. The van der Waals surface area contributed by atoms with Crippen LogP contribution in [0, 0.1) is 0 Å². The summed E-state index contributed by atoms with van der Waals surface area (Å²) in [5.41, 5.74) is 6.70. The van der Waals surface area contributed by atoms with Crippen LogP contribution in [0.4, 0.5) is 0 Å². The Bertz CT molecular complexity index is 407. The SMILES string of the molecule is Cn1cc(Br)c(C2(N)CC2)cc1=O. The molecule has 1 fully saturated rings. The number of aryl methyl sites for hydroxylation is 1. The number of halogens is 1. The summed E-state index contributed by atoms with van der Waals surface area (Å²) in [7, 11) is 1.73. The molecule has 3 nitrogen and oxygen atoms in total. The molecule has 0 bridgehead atoms. The summed E-state index contributed by atoms with van der Waals surface area (Å²) in [6, 6.07) is 1.62. The van der Waals surface area contributed by atoms with Crippen molar-refractivity contribution in [2.24, 2.45) is 12.8 Å². The van der Waals surface area contributed by atoms with Gasteiger partial charge in [-0.25, -0.2) is 0 Å². The van der Waals surface area contributed by atoms with E-state index in [0.717, 1.165) is 22.9 Å². The molecule has 1 heterocycles. The zero-order chi connectivity index (χ0) is 9.64. The van der Waals surface area contributed by atoms with Crippen molar-refractivity contribution in [2.45, 2.75) is 18.4 Å². The van der Waals surface area contributed by atoms with Gasteiger partial charge in [-0.1, -0.05) is 0 Å². The molecule has 2 N–H and O–H groups in total. The Labute approximate surface area is 84.7 Å². The van der Waals surface area contributed by atoms with Gasteiger partial charge >= 0.3 is 0 Å². The highest BCUT2D eigenvalue weighted by molar-refractivity contribution is 9.10. The molecule has 0 spiro atoms. The smallest absolute Gasteiger partial charge is 0.250 e. The summed E-state index contributed by atoms with van der Waals surface area (Å²) in [5, 5.41) is 0. The second-order valence-corrected chi connectivity index (χ2v) is 4.49. The highest BCUT2D eigenvalue weighted by Gasteiger charge is 2.41. The molecule has 1 aliphatic carbocycles. The Hall–Kier alpha value is -0.610. The van der Waals surface area contributed by atoms with Crippen LogP contribution >= 0.6 is 15.9 Å². The zero-order valence-electron chi connectivity index (χ0n) is 7.38. The molecule has 1 saturated carbocycles. The standard InChI is InChI=1S/C9H11BrN2O/c1-12-5-7(10)6(4-8(12)13)9(11)2-3-9/h4-5H,2-3,11H2,1H3. The summed E-state index contributed by atoms with van der Waals surface area (Å²) < 4.78 is 2.47. The van der Waals surface area contributed by atoms with E-state index in [2.05, 4.69) is 15.9 Å². The van der Waals surface area contributed by atoms with E-state index in [1.165, 1.54) is 0 Å². The van der Waals surface area contributed by atoms with Gasteiger partial charge in [0.25, 0.3) is 5.56 Å². The van der Waals surface area contributed by atoms with E-state index < -0.39 is 0 Å². The van der Waals surface area contributed by atoms with Crippen LogP contribution in [0.5, 0.6) is 0 Å². The normalized spacial score (nSPS) is 18.7. The fourth-order valence-electron chi connectivity index (χ4n) is 1.38. The minimum Gasteiger partial charge on any atom is -0.321 e. The van der Waals surface area contributed by atoms with Crippen molar-refractivity contribution in [2.75, 3.05) is 0 Å². The third kappa shape index (κ3) is 1.44. The number of pyridine rings is 1. The molecular weight excluding hydrogens is 232 g/mol. The molecule has 0 atom stereocenters. The Morgan fingerprint density at radius 3 is 2.77 bits per heavy atom. The van der Waals surface area contributed by atoms with Gasteiger partial charge in [0, 0.05) is 29.3 Å². The van der Waals surface area contributed by atoms with Gasteiger partial charge in [0.15, 0.2) is 0 Å². The molecule has 1 aliphatic rings. The van der Waals surface area contributed by atoms with Crippen LogP contribution in [0.3, 0.4) is 0 Å². The van der Waals surface area contributed by atoms with Crippen LogP contribution in [0.25, 0.3) is 0 Å². The van der Waals surface area contributed by atoms with Crippen LogP contribution in [0.15, 0.2) is 21.5 Å². The number of rotatable bonds is 1. The first kappa shape index (κ1) is 8.97. The fraction of sp³-hybridized carbons (Fsp3) is 0.444. The highest BCUT2D eigenvalue weighted by Crippen LogP contribution is 2.44. The molecule has 13 heavy (non-hydrogen) atoms. The molecule has 0 aromatic carbocycles. The van der Waals surface area contributed by atoms with E-state index in [4.69, 9.17) is 5.73 Å². The lowest BCUT2D eigenvalue weighted by molar-refractivity contribution is 0.719. The molecule has 70 valence electrons. The van der Waals surface area contributed by atoms with Gasteiger partial charge in [0.2, 0.25) is 0 Å². The van der Waals surface area contributed by atoms with Crippen molar-refractivity contribution in [3.05, 3.63) is 32.7 Å². The van der Waals surface area contributed by atoms with Crippen molar-refractivity contribution < 1.29 is 0 Å². The Morgan fingerprint density at radius 1 is 1.62 bits per heavy atom. The number of nitrogens with zero attached hydrogens (tertiary/aromatic N) is 1. The largest absolute Gasteiger partial charge is 0.321 e. The van der Waals surface area contributed by atoms with Gasteiger partial charge in [-0.15, -0.1) is 0 Å². The summed E-state index contributed by atoms with van der Waals surface area (Å²) in [6.07, 6.45) is 3.71. The van der Waals surface area contributed by atoms with E-state index in [0.29, 0.717) is 0 Å². The minimum atomic E-state index is -0.244. The number of nitrogens with two attached hydrogens (primary N) is 1. The van der Waals surface area contributed by atoms with E-state index >= 15 is 0 Å². The van der Waals surface area contributed by atoms with Crippen molar-refractivity contribution in [1.29, 1.82) is 0 Å². The number of hydrogen-bond donors (Lipinski definition) is 1. The van der Waals surface area contributed by atoms with Crippen molar-refractivity contribution in [3.63, 3.8) is 0 Å². The minimum absolute atomic E-state index is 0.00470. The maximum atomic E-state index is 11.4. The Kier molecular flexibility index (Phi) is 1.85. The lowest BCUT2D eigenvalue weighted by Gasteiger charge is -2.11. The van der Waals surface area contributed by atoms with Gasteiger partial charge in [0.1, 0.15) is 0 Å². The summed E-state index contributed by atoms with van der Waals surface area (Å²) in [5.74, 6) is 0. The monoisotopic (exact) mass is 242 g/mol. The van der Waals surface area contributed by atoms with Gasteiger partial charge in [0.05, 0.1) is 0 Å². The topological polar surface area (TPSA) is 48.0 Å². The van der Waals surface area contributed by atoms with Crippen LogP contribution < -0.4 is 11.3 Å². The van der Waals surface area contributed by atoms with E-state index in [1.54, 1.807) is 23.9 Å². The fourth-order valence-corrected chi connectivity index (χ4v) is 2.20. The first-order valence-electron chi connectivity index (χ1n) is 4.18. The molecule has 0 unspecified atom stereocenters. The van der Waals surface area contributed by atoms with Gasteiger partial charge in [-0.3, -0.25) is 4.79 Å². The quantitative estimate of drug-likeness (QED) is 0.802. The van der Waals surface area contributed by atoms with Gasteiger partial charge in [-0.2, -0.15) is 0 Å². The molecule has 1 aromatic heterocycles. The molecule has 0 radical (unpaired) electrons. The van der Waals surface area contributed by atoms with Gasteiger partial charge in [-0.05, 0) is 34.3 Å². The average Bonchev–Trinajstić information content (AvgIpc) is 2.77. The molecule has 2 rings (SSSR count). The van der Waals surface area contributed by atoms with E-state index in [9.17, 15) is 4.79 Å². The molecular formula is C9H11BrN2O. The molecule has 0 amide bonds. The van der Waals surface area contributed by atoms with E-state index in [-0.39, 0.29) is 11.1 Å². The van der Waals surface area contributed by atoms with Crippen molar-refractivity contribution >= 4 is 15.9 Å². The van der Waals surface area contributed by atoms with Crippen LogP contribution in [-0.4, -0.2) is 4.57 Å². The third-order valence-corrected chi connectivity index (χ3v) is 3.14. The van der Waals surface area contributed by atoms with Crippen LogP contribution in [-0.2, 0) is 12.6 Å². The van der Waals surface area contributed by atoms with Crippen molar-refractivity contribution in [3.8, 4) is 0 Å². The van der Waals surface area contributed by atoms with Crippen LogP contribution in [0.2, 0.25) is 0 Å². The molecule has 0 saturated heterocycles. The Morgan fingerprint density at radius 2 is 2.23 bits per heavy atom. The predicted molar refractivity (Wildman–Crippen MR) is 54.5 cm³/mol. The second kappa shape index (κ2) is 2.69. The highest BCUT2D eigenvalue weighted by atomic mass is 79.9. The second-order valence-electron chi connectivity index (χ2n) is 3.64. The Balaban J connectivity index is 2.59. The first-order chi connectivity index (χ1) is 6.03. The number of hydrogen-bond acceptors (Lipinski definition) is 2. The van der Waals surface area contributed by atoms with E-state index in [1.807, 2.05) is 0 Å². The summed E-state index contributed by atoms with van der Waals surface area (Å²) >= 11 is 3.42. The molecule has 0 aliphatic heterocycles. The van der Waals surface area contributed by atoms with Gasteiger partial charge < -0.3 is 10.3 Å². The first-order valence-corrected chi connectivity index (χ1v) is 4.98. The van der Waals surface area contributed by atoms with Crippen LogP contribution in [0.1, 0.15) is 18.4 Å². The maximum absolute atomic E-state index is 11.4. The summed E-state index contributed by atoms with van der Waals surface area (Å²) in [6.45, 7) is 0. The lowest BCUT2D eigenvalue weighted by atomic mass is 10.1. The average molecular weight is 243 g/mol. The third-order valence-electron chi connectivity index (χ3n) is 2.50. The number of aromatic nitrogens is 1.